The Morgan fingerprint density at radius 2 is 2.67 bits per heavy atom. The van der Waals surface area contributed by atoms with Crippen molar-refractivity contribution in [2.24, 2.45) is 4.99 Å². The SMILES string of the molecule is [CH]1CC=NCS1. The number of thioether (sulfide) groups is 1. The highest BCUT2D eigenvalue weighted by Gasteiger charge is 1.88. The summed E-state index contributed by atoms with van der Waals surface area (Å²) in [6.45, 7) is 0. The lowest BCUT2D eigenvalue weighted by Crippen LogP contribution is -1.83. The molecule has 0 aromatic carbocycles. The molecule has 0 aromatic rings. The molecule has 1 radical (unpaired) electrons. The van der Waals surface area contributed by atoms with Crippen LogP contribution >= 0.6 is 11.8 Å². The molecule has 0 bridgehead atoms. The minimum atomic E-state index is 0.931. The van der Waals surface area contributed by atoms with E-state index in [-0.39, 0.29) is 0 Å². The van der Waals surface area contributed by atoms with Crippen LogP contribution in [0.2, 0.25) is 0 Å². The van der Waals surface area contributed by atoms with E-state index in [4.69, 9.17) is 0 Å². The first kappa shape index (κ1) is 4.19. The molecule has 0 unspecified atom stereocenters. The summed E-state index contributed by atoms with van der Waals surface area (Å²) >= 11 is 1.77. The molecule has 1 heterocycles. The van der Waals surface area contributed by atoms with Gasteiger partial charge in [0.1, 0.15) is 0 Å². The third-order valence-corrected chi connectivity index (χ3v) is 1.32. The Morgan fingerprint density at radius 1 is 1.67 bits per heavy atom. The molecule has 0 spiro atoms. The summed E-state index contributed by atoms with van der Waals surface area (Å²) in [4.78, 5) is 3.98. The monoisotopic (exact) mass is 100 g/mol. The van der Waals surface area contributed by atoms with Gasteiger partial charge in [-0.1, -0.05) is 0 Å². The van der Waals surface area contributed by atoms with Crippen LogP contribution in [0.15, 0.2) is 4.99 Å². The van der Waals surface area contributed by atoms with Crippen LogP contribution in [0.5, 0.6) is 0 Å². The van der Waals surface area contributed by atoms with Gasteiger partial charge in [-0.3, -0.25) is 4.99 Å². The van der Waals surface area contributed by atoms with E-state index in [1.807, 2.05) is 6.21 Å². The van der Waals surface area contributed by atoms with Gasteiger partial charge in [-0.15, -0.1) is 11.8 Å². The second-order valence-corrected chi connectivity index (χ2v) is 1.99. The van der Waals surface area contributed by atoms with E-state index in [2.05, 4.69) is 10.7 Å². The molecule has 33 valence electrons. The predicted molar refractivity (Wildman–Crippen MR) is 29.9 cm³/mol. The molecule has 0 N–H and O–H groups in total. The molecule has 0 atom stereocenters. The van der Waals surface area contributed by atoms with Crippen LogP contribution in [0.3, 0.4) is 0 Å². The maximum Gasteiger partial charge on any atom is 0.0843 e. The highest BCUT2D eigenvalue weighted by molar-refractivity contribution is 8.01. The molecule has 2 heteroatoms. The Labute approximate surface area is 41.8 Å². The van der Waals surface area contributed by atoms with Gasteiger partial charge in [-0.2, -0.15) is 0 Å². The van der Waals surface area contributed by atoms with Crippen LogP contribution in [0, 0.1) is 5.75 Å². The lowest BCUT2D eigenvalue weighted by molar-refractivity contribution is 1.31. The molecule has 6 heavy (non-hydrogen) atoms. The topological polar surface area (TPSA) is 12.4 Å². The van der Waals surface area contributed by atoms with Crippen molar-refractivity contribution in [1.29, 1.82) is 0 Å². The van der Waals surface area contributed by atoms with Gasteiger partial charge in [0.25, 0.3) is 0 Å². The van der Waals surface area contributed by atoms with Crippen LogP contribution < -0.4 is 0 Å². The molecular weight excluding hydrogens is 94.1 g/mol. The largest absolute Gasteiger partial charge is 0.287 e. The van der Waals surface area contributed by atoms with Crippen LogP contribution in [0.25, 0.3) is 0 Å². The number of hydrogen-bond acceptors (Lipinski definition) is 2. The third kappa shape index (κ3) is 1.01. The lowest BCUT2D eigenvalue weighted by atomic mass is 10.5. The van der Waals surface area contributed by atoms with E-state index in [1.54, 1.807) is 11.8 Å². The number of aliphatic imine (C=N–C) groups is 1. The molecule has 1 rings (SSSR count). The second-order valence-electron chi connectivity index (χ2n) is 1.06. The normalized spacial score (nSPS) is 21.3. The summed E-state index contributed by atoms with van der Waals surface area (Å²) in [5.74, 6) is 3.09. The maximum atomic E-state index is 3.98. The van der Waals surface area contributed by atoms with E-state index < -0.39 is 0 Å². The van der Waals surface area contributed by atoms with Crippen molar-refractivity contribution in [1.82, 2.24) is 0 Å². The van der Waals surface area contributed by atoms with Crippen molar-refractivity contribution in [3.8, 4) is 0 Å². The summed E-state index contributed by atoms with van der Waals surface area (Å²) in [6, 6.07) is 0. The fraction of sp³-hybridized carbons (Fsp3) is 0.500. The molecule has 0 aliphatic carbocycles. The second kappa shape index (κ2) is 2.24. The van der Waals surface area contributed by atoms with Crippen molar-refractivity contribution in [3.05, 3.63) is 5.75 Å². The minimum Gasteiger partial charge on any atom is -0.287 e. The zero-order valence-corrected chi connectivity index (χ0v) is 4.24. The first-order chi connectivity index (χ1) is 3.00. The zero-order chi connectivity index (χ0) is 4.24. The molecule has 0 amide bonds. The standard InChI is InChI=1S/C4H6NS/c1-2-5-4-6-3-1/h2-3H,1,4H2. The maximum absolute atomic E-state index is 3.98. The van der Waals surface area contributed by atoms with E-state index >= 15 is 0 Å². The van der Waals surface area contributed by atoms with Gasteiger partial charge in [-0.05, 0) is 6.42 Å². The Hall–Kier alpha value is 0.0200. The molecule has 0 saturated carbocycles. The first-order valence-corrected chi connectivity index (χ1v) is 2.96. The van der Waals surface area contributed by atoms with E-state index in [1.165, 1.54) is 0 Å². The molecule has 0 aromatic heterocycles. The van der Waals surface area contributed by atoms with Gasteiger partial charge in [0.05, 0.1) is 5.88 Å². The highest BCUT2D eigenvalue weighted by atomic mass is 32.2. The molecule has 0 saturated heterocycles. The molecule has 1 aliphatic rings. The molecule has 1 aliphatic heterocycles. The van der Waals surface area contributed by atoms with Crippen molar-refractivity contribution in [2.45, 2.75) is 6.42 Å². The Morgan fingerprint density at radius 3 is 2.83 bits per heavy atom. The van der Waals surface area contributed by atoms with Gasteiger partial charge >= 0.3 is 0 Å². The Kier molecular flexibility index (Phi) is 1.56. The van der Waals surface area contributed by atoms with Gasteiger partial charge < -0.3 is 0 Å². The van der Waals surface area contributed by atoms with Crippen LogP contribution in [-0.2, 0) is 0 Å². The van der Waals surface area contributed by atoms with E-state index in [0.717, 1.165) is 12.3 Å². The van der Waals surface area contributed by atoms with Crippen LogP contribution in [0.1, 0.15) is 6.42 Å². The van der Waals surface area contributed by atoms with Crippen molar-refractivity contribution in [3.63, 3.8) is 0 Å². The lowest BCUT2D eigenvalue weighted by Gasteiger charge is -1.96. The van der Waals surface area contributed by atoms with Gasteiger partial charge in [-0.25, -0.2) is 0 Å². The van der Waals surface area contributed by atoms with E-state index in [9.17, 15) is 0 Å². The number of hydrogen-bond donors (Lipinski definition) is 0. The summed E-state index contributed by atoms with van der Waals surface area (Å²) in [7, 11) is 0. The third-order valence-electron chi connectivity index (χ3n) is 0.598. The van der Waals surface area contributed by atoms with Crippen molar-refractivity contribution in [2.75, 3.05) is 5.88 Å². The average Bonchev–Trinajstić information content (AvgIpc) is 1.72. The van der Waals surface area contributed by atoms with Gasteiger partial charge in [0.15, 0.2) is 0 Å². The predicted octanol–water partition coefficient (Wildman–Crippen LogP) is 1.31. The summed E-state index contributed by atoms with van der Waals surface area (Å²) in [5.41, 5.74) is 0. The van der Waals surface area contributed by atoms with E-state index in [0.29, 0.717) is 0 Å². The molecule has 1 nitrogen and oxygen atoms in total. The van der Waals surface area contributed by atoms with Crippen molar-refractivity contribution < 1.29 is 0 Å². The summed E-state index contributed by atoms with van der Waals surface area (Å²) in [5, 5.41) is 0. The number of nitrogens with zero attached hydrogens (tertiary/aromatic N) is 1. The zero-order valence-electron chi connectivity index (χ0n) is 3.42. The van der Waals surface area contributed by atoms with Crippen LogP contribution in [0.4, 0.5) is 0 Å². The Balaban J connectivity index is 2.26. The fourth-order valence-corrected chi connectivity index (χ4v) is 0.853. The fourth-order valence-electron chi connectivity index (χ4n) is 0.334. The average molecular weight is 100 g/mol. The quantitative estimate of drug-likeness (QED) is 0.447. The summed E-state index contributed by atoms with van der Waals surface area (Å²) < 4.78 is 0. The number of rotatable bonds is 0. The van der Waals surface area contributed by atoms with Crippen LogP contribution in [-0.4, -0.2) is 12.1 Å². The molecule has 0 fully saturated rings. The Bertz CT molecular complexity index is 52.6. The van der Waals surface area contributed by atoms with Gasteiger partial charge in [0, 0.05) is 12.0 Å². The smallest absolute Gasteiger partial charge is 0.0843 e. The van der Waals surface area contributed by atoms with Crippen molar-refractivity contribution >= 4 is 18.0 Å². The molecular formula is C4H6NS. The van der Waals surface area contributed by atoms with Gasteiger partial charge in [0.2, 0.25) is 0 Å². The first-order valence-electron chi connectivity index (χ1n) is 1.92. The minimum absolute atomic E-state index is 0.931. The highest BCUT2D eigenvalue weighted by Crippen LogP contribution is 2.10. The summed E-state index contributed by atoms with van der Waals surface area (Å²) in [6.07, 6.45) is 2.99.